The molecular weight excluding hydrogens is 372 g/mol. The van der Waals surface area contributed by atoms with E-state index in [1.165, 1.54) is 18.4 Å². The van der Waals surface area contributed by atoms with Crippen molar-refractivity contribution in [2.75, 3.05) is 26.2 Å². The number of imidazole rings is 1. The third-order valence-corrected chi connectivity index (χ3v) is 6.23. The molecule has 3 heterocycles. The number of piperidine rings is 1. The van der Waals surface area contributed by atoms with Crippen molar-refractivity contribution in [2.45, 2.75) is 45.6 Å². The fraction of sp³-hybridized carbons (Fsp3) is 0.545. The smallest absolute Gasteiger partial charge is 0.289 e. The number of aromatic nitrogens is 2. The maximum absolute atomic E-state index is 12.9. The van der Waals surface area contributed by atoms with Crippen molar-refractivity contribution in [2.24, 2.45) is 5.92 Å². The molecule has 0 aliphatic carbocycles. The molecule has 6 heteroatoms. The molecule has 0 bridgehead atoms. The first-order chi connectivity index (χ1) is 13.5. The predicted molar refractivity (Wildman–Crippen MR) is 113 cm³/mol. The summed E-state index contributed by atoms with van der Waals surface area (Å²) < 4.78 is 2.00. The second-order valence-electron chi connectivity index (χ2n) is 8.35. The zero-order chi connectivity index (χ0) is 19.7. The van der Waals surface area contributed by atoms with Crippen LogP contribution in [0.25, 0.3) is 11.3 Å². The number of carbonyl (C=O) groups excluding carboxylic acids is 1. The van der Waals surface area contributed by atoms with Crippen LogP contribution in [0, 0.1) is 5.92 Å². The largest absolute Gasteiger partial charge is 0.334 e. The molecule has 1 fully saturated rings. The van der Waals surface area contributed by atoms with E-state index in [1.807, 2.05) is 9.47 Å². The SMILES string of the molecule is CC(C)CCN1CCn2c(nc(Cl)c2-c2ccc(C3CCNCC3)cc2)C1=O. The Morgan fingerprint density at radius 2 is 1.89 bits per heavy atom. The van der Waals surface area contributed by atoms with Gasteiger partial charge >= 0.3 is 0 Å². The monoisotopic (exact) mass is 400 g/mol. The van der Waals surface area contributed by atoms with Crippen LogP contribution in [0.2, 0.25) is 5.15 Å². The molecule has 0 spiro atoms. The van der Waals surface area contributed by atoms with Gasteiger partial charge in [0, 0.05) is 25.2 Å². The topological polar surface area (TPSA) is 50.2 Å². The van der Waals surface area contributed by atoms with E-state index in [9.17, 15) is 4.79 Å². The van der Waals surface area contributed by atoms with Crippen LogP contribution in [0.3, 0.4) is 0 Å². The lowest BCUT2D eigenvalue weighted by Gasteiger charge is -2.29. The summed E-state index contributed by atoms with van der Waals surface area (Å²) in [5, 5.41) is 3.84. The first-order valence-electron chi connectivity index (χ1n) is 10.4. The molecule has 1 N–H and O–H groups in total. The molecule has 2 aliphatic heterocycles. The third-order valence-electron chi connectivity index (χ3n) is 5.97. The van der Waals surface area contributed by atoms with Crippen LogP contribution in [0.1, 0.15) is 55.2 Å². The summed E-state index contributed by atoms with van der Waals surface area (Å²) in [7, 11) is 0. The fourth-order valence-corrected chi connectivity index (χ4v) is 4.53. The highest BCUT2D eigenvalue weighted by atomic mass is 35.5. The number of benzene rings is 1. The molecule has 28 heavy (non-hydrogen) atoms. The molecule has 5 nitrogen and oxygen atoms in total. The molecule has 1 aromatic carbocycles. The number of carbonyl (C=O) groups is 1. The van der Waals surface area contributed by atoms with Crippen LogP contribution >= 0.6 is 11.6 Å². The van der Waals surface area contributed by atoms with Crippen molar-refractivity contribution in [1.82, 2.24) is 19.8 Å². The van der Waals surface area contributed by atoms with Gasteiger partial charge in [-0.15, -0.1) is 0 Å². The second kappa shape index (κ2) is 8.26. The van der Waals surface area contributed by atoms with E-state index in [4.69, 9.17) is 11.6 Å². The molecule has 2 aromatic rings. The van der Waals surface area contributed by atoms with Crippen molar-refractivity contribution in [1.29, 1.82) is 0 Å². The summed E-state index contributed by atoms with van der Waals surface area (Å²) in [6.07, 6.45) is 3.37. The Balaban J connectivity index is 1.57. The Hall–Kier alpha value is -1.85. The van der Waals surface area contributed by atoms with Gasteiger partial charge < -0.3 is 14.8 Å². The minimum absolute atomic E-state index is 0.00799. The number of nitrogens with one attached hydrogen (secondary N) is 1. The van der Waals surface area contributed by atoms with Crippen LogP contribution in [0.4, 0.5) is 0 Å². The Morgan fingerprint density at radius 3 is 2.57 bits per heavy atom. The zero-order valence-electron chi connectivity index (χ0n) is 16.7. The van der Waals surface area contributed by atoms with Gasteiger partial charge in [0.2, 0.25) is 5.82 Å². The number of fused-ring (bicyclic) bond motifs is 1. The van der Waals surface area contributed by atoms with Crippen molar-refractivity contribution in [3.05, 3.63) is 40.8 Å². The molecule has 2 aliphatic rings. The van der Waals surface area contributed by atoms with Gasteiger partial charge in [-0.3, -0.25) is 4.79 Å². The number of rotatable bonds is 5. The van der Waals surface area contributed by atoms with E-state index in [2.05, 4.69) is 48.4 Å². The van der Waals surface area contributed by atoms with E-state index in [0.29, 0.717) is 29.4 Å². The third kappa shape index (κ3) is 3.83. The van der Waals surface area contributed by atoms with Crippen LogP contribution in [-0.2, 0) is 6.54 Å². The normalized spacial score (nSPS) is 18.0. The van der Waals surface area contributed by atoms with E-state index in [0.717, 1.165) is 43.9 Å². The van der Waals surface area contributed by atoms with Crippen LogP contribution in [-0.4, -0.2) is 46.5 Å². The molecule has 1 aromatic heterocycles. The maximum atomic E-state index is 12.9. The lowest BCUT2D eigenvalue weighted by molar-refractivity contribution is 0.0690. The van der Waals surface area contributed by atoms with Gasteiger partial charge in [0.15, 0.2) is 5.15 Å². The quantitative estimate of drug-likeness (QED) is 0.819. The van der Waals surface area contributed by atoms with Crippen LogP contribution in [0.15, 0.2) is 24.3 Å². The van der Waals surface area contributed by atoms with Gasteiger partial charge in [-0.2, -0.15) is 0 Å². The summed E-state index contributed by atoms with van der Waals surface area (Å²) >= 11 is 6.49. The van der Waals surface area contributed by atoms with Crippen molar-refractivity contribution >= 4 is 17.5 Å². The molecule has 1 amide bonds. The van der Waals surface area contributed by atoms with Crippen LogP contribution in [0.5, 0.6) is 0 Å². The van der Waals surface area contributed by atoms with Gasteiger partial charge in [-0.25, -0.2) is 4.98 Å². The van der Waals surface area contributed by atoms with Gasteiger partial charge in [-0.1, -0.05) is 49.7 Å². The average molecular weight is 401 g/mol. The van der Waals surface area contributed by atoms with Crippen molar-refractivity contribution in [3.63, 3.8) is 0 Å². The first-order valence-corrected chi connectivity index (χ1v) is 10.8. The molecule has 0 saturated carbocycles. The molecule has 0 atom stereocenters. The number of hydrogen-bond donors (Lipinski definition) is 1. The van der Waals surface area contributed by atoms with Crippen LogP contribution < -0.4 is 5.32 Å². The highest BCUT2D eigenvalue weighted by molar-refractivity contribution is 6.32. The maximum Gasteiger partial charge on any atom is 0.289 e. The lowest BCUT2D eigenvalue weighted by Crippen LogP contribution is -2.41. The van der Waals surface area contributed by atoms with E-state index in [1.54, 1.807) is 0 Å². The lowest BCUT2D eigenvalue weighted by atomic mass is 9.89. The number of nitrogens with zero attached hydrogens (tertiary/aromatic N) is 3. The fourth-order valence-electron chi connectivity index (χ4n) is 4.24. The highest BCUT2D eigenvalue weighted by Gasteiger charge is 2.30. The zero-order valence-corrected chi connectivity index (χ0v) is 17.5. The number of hydrogen-bond acceptors (Lipinski definition) is 3. The standard InChI is InChI=1S/C22H29ClN4O/c1-15(2)9-12-26-13-14-27-19(20(23)25-21(27)22(26)28)18-5-3-16(4-6-18)17-7-10-24-11-8-17/h3-6,15,17,24H,7-14H2,1-2H3. The summed E-state index contributed by atoms with van der Waals surface area (Å²) in [5.41, 5.74) is 3.28. The second-order valence-corrected chi connectivity index (χ2v) is 8.71. The molecule has 0 unspecified atom stereocenters. The van der Waals surface area contributed by atoms with Crippen molar-refractivity contribution in [3.8, 4) is 11.3 Å². The minimum Gasteiger partial charge on any atom is -0.334 e. The van der Waals surface area contributed by atoms with Gasteiger partial charge in [0.1, 0.15) is 0 Å². The van der Waals surface area contributed by atoms with Gasteiger partial charge in [0.05, 0.1) is 5.69 Å². The molecule has 4 rings (SSSR count). The van der Waals surface area contributed by atoms with Gasteiger partial charge in [0.25, 0.3) is 5.91 Å². The van der Waals surface area contributed by atoms with Crippen molar-refractivity contribution < 1.29 is 4.79 Å². The van der Waals surface area contributed by atoms with E-state index in [-0.39, 0.29) is 5.91 Å². The number of amides is 1. The summed E-state index contributed by atoms with van der Waals surface area (Å²) in [4.78, 5) is 19.2. The first kappa shape index (κ1) is 19.5. The molecule has 0 radical (unpaired) electrons. The number of halogens is 1. The summed E-state index contributed by atoms with van der Waals surface area (Å²) in [6.45, 7) is 8.76. The highest BCUT2D eigenvalue weighted by Crippen LogP contribution is 2.33. The Morgan fingerprint density at radius 1 is 1.18 bits per heavy atom. The Labute approximate surface area is 172 Å². The molecule has 150 valence electrons. The summed E-state index contributed by atoms with van der Waals surface area (Å²) in [6, 6.07) is 8.68. The molecule has 1 saturated heterocycles. The Bertz CT molecular complexity index is 837. The van der Waals surface area contributed by atoms with E-state index >= 15 is 0 Å². The van der Waals surface area contributed by atoms with Gasteiger partial charge in [-0.05, 0) is 49.8 Å². The summed E-state index contributed by atoms with van der Waals surface area (Å²) in [5.74, 6) is 1.66. The predicted octanol–water partition coefficient (Wildman–Crippen LogP) is 4.17. The minimum atomic E-state index is -0.00799. The molecular formula is C22H29ClN4O. The van der Waals surface area contributed by atoms with E-state index < -0.39 is 0 Å². The Kier molecular flexibility index (Phi) is 5.74. The average Bonchev–Trinajstić information content (AvgIpc) is 3.05.